The van der Waals surface area contributed by atoms with E-state index in [1.165, 1.54) is 16.4 Å². The molecule has 2 fully saturated rings. The van der Waals surface area contributed by atoms with Gasteiger partial charge in [0.25, 0.3) is 0 Å². The number of carbonyl (C=O) groups is 2. The minimum absolute atomic E-state index is 0.0968. The maximum atomic E-state index is 13.2. The highest BCUT2D eigenvalue weighted by molar-refractivity contribution is 7.89. The van der Waals surface area contributed by atoms with Crippen LogP contribution in [0, 0.1) is 5.92 Å². The molecule has 2 aliphatic rings. The van der Waals surface area contributed by atoms with Crippen LogP contribution in [0.3, 0.4) is 0 Å². The van der Waals surface area contributed by atoms with Crippen LogP contribution in [0.4, 0.5) is 11.4 Å². The van der Waals surface area contributed by atoms with Crippen LogP contribution in [0.2, 0.25) is 0 Å². The maximum Gasteiger partial charge on any atom is 0.243 e. The molecule has 188 valence electrons. The van der Waals surface area contributed by atoms with Crippen molar-refractivity contribution >= 4 is 33.2 Å². The summed E-state index contributed by atoms with van der Waals surface area (Å²) in [6.07, 6.45) is 3.59. The Kier molecular flexibility index (Phi) is 7.76. The first kappa shape index (κ1) is 25.2. The summed E-state index contributed by atoms with van der Waals surface area (Å²) in [7, 11) is -3.67. The van der Waals surface area contributed by atoms with Crippen LogP contribution < -0.4 is 15.0 Å². The van der Waals surface area contributed by atoms with Crippen molar-refractivity contribution < 1.29 is 22.7 Å². The van der Waals surface area contributed by atoms with E-state index in [4.69, 9.17) is 4.74 Å². The lowest BCUT2D eigenvalue weighted by Gasteiger charge is -2.26. The van der Waals surface area contributed by atoms with Crippen LogP contribution in [0.25, 0.3) is 0 Å². The molecule has 2 aromatic carbocycles. The normalized spacial score (nSPS) is 19.1. The second-order valence-corrected chi connectivity index (χ2v) is 10.9. The first-order valence-corrected chi connectivity index (χ1v) is 13.7. The highest BCUT2D eigenvalue weighted by Gasteiger charge is 2.36. The van der Waals surface area contributed by atoms with Crippen molar-refractivity contribution in [2.75, 3.05) is 36.5 Å². The van der Waals surface area contributed by atoms with Gasteiger partial charge in [-0.2, -0.15) is 4.31 Å². The van der Waals surface area contributed by atoms with E-state index in [9.17, 15) is 18.0 Å². The first-order chi connectivity index (χ1) is 16.8. The average Bonchev–Trinajstić information content (AvgIpc) is 3.27. The zero-order valence-electron chi connectivity index (χ0n) is 20.3. The van der Waals surface area contributed by atoms with E-state index >= 15 is 0 Å². The summed E-state index contributed by atoms with van der Waals surface area (Å²) < 4.78 is 33.5. The quantitative estimate of drug-likeness (QED) is 0.596. The van der Waals surface area contributed by atoms with Gasteiger partial charge in [0.1, 0.15) is 5.75 Å². The van der Waals surface area contributed by atoms with Gasteiger partial charge in [0.05, 0.1) is 23.1 Å². The number of benzene rings is 2. The van der Waals surface area contributed by atoms with Crippen LogP contribution in [0.15, 0.2) is 47.4 Å². The number of amides is 2. The molecule has 4 rings (SSSR count). The van der Waals surface area contributed by atoms with E-state index in [0.717, 1.165) is 36.9 Å². The molecule has 2 aliphatic heterocycles. The molecule has 0 aliphatic carbocycles. The number of nitrogens with zero attached hydrogens (tertiary/aromatic N) is 2. The molecule has 2 amide bonds. The smallest absolute Gasteiger partial charge is 0.243 e. The lowest BCUT2D eigenvalue weighted by atomic mass is 10.1. The molecule has 8 nitrogen and oxygen atoms in total. The van der Waals surface area contributed by atoms with Crippen LogP contribution >= 0.6 is 0 Å². The summed E-state index contributed by atoms with van der Waals surface area (Å²) in [6, 6.07) is 12.3. The third kappa shape index (κ3) is 5.36. The van der Waals surface area contributed by atoms with E-state index < -0.39 is 15.9 Å². The molecule has 1 unspecified atom stereocenters. The summed E-state index contributed by atoms with van der Waals surface area (Å²) in [5, 5.41) is 2.85. The molecule has 35 heavy (non-hydrogen) atoms. The largest absolute Gasteiger partial charge is 0.492 e. The Hall–Kier alpha value is -2.91. The standard InChI is InChI=1S/C26H33N3O5S/c1-3-19-10-6-7-11-23(19)29-18-20(16-25(29)30)26(31)27-22-17-21(12-13-24(22)34-4-2)35(32,33)28-14-8-5-9-15-28/h6-7,10-13,17,20H,3-5,8-9,14-16,18H2,1-2H3,(H,27,31). The predicted octanol–water partition coefficient (Wildman–Crippen LogP) is 3.81. The molecular formula is C26H33N3O5S. The fraction of sp³-hybridized carbons (Fsp3) is 0.462. The number of para-hydroxylation sites is 1. The van der Waals surface area contributed by atoms with Gasteiger partial charge in [-0.25, -0.2) is 8.42 Å². The number of piperidine rings is 1. The molecule has 0 aromatic heterocycles. The van der Waals surface area contributed by atoms with Gasteiger partial charge < -0.3 is 15.0 Å². The number of aryl methyl sites for hydroxylation is 1. The lowest BCUT2D eigenvalue weighted by Crippen LogP contribution is -2.35. The van der Waals surface area contributed by atoms with Crippen molar-refractivity contribution in [1.82, 2.24) is 4.31 Å². The summed E-state index contributed by atoms with van der Waals surface area (Å²) in [6.45, 7) is 5.49. The number of nitrogens with one attached hydrogen (secondary N) is 1. The number of anilines is 2. The summed E-state index contributed by atoms with van der Waals surface area (Å²) in [5.41, 5.74) is 2.19. The molecule has 0 spiro atoms. The number of ether oxygens (including phenoxy) is 1. The van der Waals surface area contributed by atoms with Gasteiger partial charge in [0.2, 0.25) is 21.8 Å². The highest BCUT2D eigenvalue weighted by atomic mass is 32.2. The Morgan fingerprint density at radius 3 is 2.54 bits per heavy atom. The molecule has 2 heterocycles. The Labute approximate surface area is 207 Å². The number of sulfonamides is 1. The SMILES string of the molecule is CCOc1ccc(S(=O)(=O)N2CCCCC2)cc1NC(=O)C1CC(=O)N(c2ccccc2CC)C1. The second kappa shape index (κ2) is 10.8. The van der Waals surface area contributed by atoms with E-state index in [1.807, 2.05) is 38.1 Å². The second-order valence-electron chi connectivity index (χ2n) is 8.93. The minimum Gasteiger partial charge on any atom is -0.492 e. The number of rotatable bonds is 8. The predicted molar refractivity (Wildman–Crippen MR) is 135 cm³/mol. The number of hydrogen-bond donors (Lipinski definition) is 1. The zero-order valence-corrected chi connectivity index (χ0v) is 21.1. The molecule has 0 bridgehead atoms. The van der Waals surface area contributed by atoms with E-state index in [1.54, 1.807) is 11.0 Å². The van der Waals surface area contributed by atoms with Crippen molar-refractivity contribution in [1.29, 1.82) is 0 Å². The molecule has 1 atom stereocenters. The lowest BCUT2D eigenvalue weighted by molar-refractivity contribution is -0.122. The first-order valence-electron chi connectivity index (χ1n) is 12.3. The van der Waals surface area contributed by atoms with Gasteiger partial charge in [-0.1, -0.05) is 31.5 Å². The summed E-state index contributed by atoms with van der Waals surface area (Å²) >= 11 is 0. The van der Waals surface area contributed by atoms with E-state index in [-0.39, 0.29) is 29.7 Å². The highest BCUT2D eigenvalue weighted by Crippen LogP contribution is 2.33. The molecule has 1 N–H and O–H groups in total. The van der Waals surface area contributed by atoms with E-state index in [2.05, 4.69) is 5.32 Å². The van der Waals surface area contributed by atoms with Crippen LogP contribution in [-0.2, 0) is 26.0 Å². The number of carbonyl (C=O) groups excluding carboxylic acids is 2. The Balaban J connectivity index is 1.55. The molecular weight excluding hydrogens is 466 g/mol. The third-order valence-electron chi connectivity index (χ3n) is 6.62. The van der Waals surface area contributed by atoms with Gasteiger partial charge in [-0.15, -0.1) is 0 Å². The Bertz CT molecular complexity index is 1190. The Morgan fingerprint density at radius 1 is 1.09 bits per heavy atom. The molecule has 2 saturated heterocycles. The molecule has 2 aromatic rings. The third-order valence-corrected chi connectivity index (χ3v) is 8.52. The minimum atomic E-state index is -3.67. The average molecular weight is 500 g/mol. The zero-order chi connectivity index (χ0) is 25.0. The fourth-order valence-corrected chi connectivity index (χ4v) is 6.27. The fourth-order valence-electron chi connectivity index (χ4n) is 4.73. The van der Waals surface area contributed by atoms with Gasteiger partial charge in [-0.3, -0.25) is 9.59 Å². The summed E-state index contributed by atoms with van der Waals surface area (Å²) in [5.74, 6) is -0.582. The van der Waals surface area contributed by atoms with Gasteiger partial charge >= 0.3 is 0 Å². The van der Waals surface area contributed by atoms with E-state index in [0.29, 0.717) is 31.1 Å². The monoisotopic (exact) mass is 499 g/mol. The molecule has 0 radical (unpaired) electrons. The van der Waals surface area contributed by atoms with Crippen LogP contribution in [0.5, 0.6) is 5.75 Å². The van der Waals surface area contributed by atoms with Crippen molar-refractivity contribution in [2.45, 2.75) is 50.8 Å². The van der Waals surface area contributed by atoms with Crippen molar-refractivity contribution in [3.05, 3.63) is 48.0 Å². The van der Waals surface area contributed by atoms with Gasteiger partial charge in [0.15, 0.2) is 0 Å². The van der Waals surface area contributed by atoms with Crippen LogP contribution in [-0.4, -0.2) is 50.8 Å². The van der Waals surface area contributed by atoms with Crippen molar-refractivity contribution in [3.63, 3.8) is 0 Å². The van der Waals surface area contributed by atoms with Crippen molar-refractivity contribution in [2.24, 2.45) is 5.92 Å². The van der Waals surface area contributed by atoms with Crippen LogP contribution in [0.1, 0.15) is 45.1 Å². The number of hydrogen-bond acceptors (Lipinski definition) is 5. The topological polar surface area (TPSA) is 96.0 Å². The Morgan fingerprint density at radius 2 is 1.83 bits per heavy atom. The van der Waals surface area contributed by atoms with Gasteiger partial charge in [-0.05, 0) is 56.0 Å². The molecule has 9 heteroatoms. The summed E-state index contributed by atoms with van der Waals surface area (Å²) in [4.78, 5) is 27.8. The molecule has 0 saturated carbocycles. The van der Waals surface area contributed by atoms with Gasteiger partial charge in [0, 0.05) is 31.7 Å². The van der Waals surface area contributed by atoms with Crippen molar-refractivity contribution in [3.8, 4) is 5.75 Å². The maximum absolute atomic E-state index is 13.2.